The second-order valence-electron chi connectivity index (χ2n) is 6.16. The fourth-order valence-corrected chi connectivity index (χ4v) is 2.50. The van der Waals surface area contributed by atoms with E-state index in [4.69, 9.17) is 9.47 Å². The molecule has 1 unspecified atom stereocenters. The minimum absolute atomic E-state index is 0.141. The highest BCUT2D eigenvalue weighted by atomic mass is 16.6. The van der Waals surface area contributed by atoms with Gasteiger partial charge in [-0.05, 0) is 56.9 Å². The van der Waals surface area contributed by atoms with Gasteiger partial charge in [-0.15, -0.1) is 0 Å². The van der Waals surface area contributed by atoms with Crippen LogP contribution < -0.4 is 10.1 Å². The maximum atomic E-state index is 12.0. The third kappa shape index (κ3) is 3.65. The molecule has 4 nitrogen and oxygen atoms in total. The van der Waals surface area contributed by atoms with E-state index in [-0.39, 0.29) is 11.9 Å². The molecule has 0 saturated heterocycles. The molecule has 1 aromatic carbocycles. The van der Waals surface area contributed by atoms with Crippen molar-refractivity contribution in [3.05, 3.63) is 23.8 Å². The molecule has 0 saturated carbocycles. The number of anilines is 1. The molecule has 110 valence electrons. The Morgan fingerprint density at radius 3 is 2.80 bits per heavy atom. The molecular weight excluding hydrogens is 254 g/mol. The molecule has 1 atom stereocenters. The standard InChI is InChI=1S/C16H23NO3/c1-16(2,3)20-15(18)9-11-7-8-17-14-6-5-12(19-4)10-13(11)14/h5-6,10-11,17H,7-9H2,1-4H3. The predicted octanol–water partition coefficient (Wildman–Crippen LogP) is 3.33. The SMILES string of the molecule is COc1ccc2c(c1)C(CC(=O)OC(C)(C)C)CCN2. The van der Waals surface area contributed by atoms with Crippen molar-refractivity contribution < 1.29 is 14.3 Å². The van der Waals surface area contributed by atoms with Crippen molar-refractivity contribution in [1.82, 2.24) is 0 Å². The van der Waals surface area contributed by atoms with Crippen LogP contribution in [0.3, 0.4) is 0 Å². The third-order valence-corrected chi connectivity index (χ3v) is 3.34. The van der Waals surface area contributed by atoms with Crippen molar-refractivity contribution in [1.29, 1.82) is 0 Å². The molecular formula is C16H23NO3. The summed E-state index contributed by atoms with van der Waals surface area (Å²) in [6.45, 7) is 6.56. The summed E-state index contributed by atoms with van der Waals surface area (Å²) in [6.07, 6.45) is 1.35. The van der Waals surface area contributed by atoms with E-state index in [1.807, 2.05) is 39.0 Å². The van der Waals surface area contributed by atoms with Gasteiger partial charge in [0, 0.05) is 12.2 Å². The van der Waals surface area contributed by atoms with E-state index in [1.165, 1.54) is 0 Å². The van der Waals surface area contributed by atoms with Crippen molar-refractivity contribution in [3.63, 3.8) is 0 Å². The summed E-state index contributed by atoms with van der Waals surface area (Å²) in [7, 11) is 1.65. The topological polar surface area (TPSA) is 47.6 Å². The number of fused-ring (bicyclic) bond motifs is 1. The number of methoxy groups -OCH3 is 1. The molecule has 1 aliphatic heterocycles. The number of rotatable bonds is 3. The zero-order chi connectivity index (χ0) is 14.8. The summed E-state index contributed by atoms with van der Waals surface area (Å²) < 4.78 is 10.7. The quantitative estimate of drug-likeness (QED) is 0.861. The number of carbonyl (C=O) groups excluding carboxylic acids is 1. The molecule has 20 heavy (non-hydrogen) atoms. The fraction of sp³-hybridized carbons (Fsp3) is 0.562. The maximum Gasteiger partial charge on any atom is 0.306 e. The number of nitrogens with one attached hydrogen (secondary N) is 1. The molecule has 0 aromatic heterocycles. The van der Waals surface area contributed by atoms with Gasteiger partial charge in [0.05, 0.1) is 13.5 Å². The van der Waals surface area contributed by atoms with Gasteiger partial charge in [0.15, 0.2) is 0 Å². The van der Waals surface area contributed by atoms with E-state index in [9.17, 15) is 4.79 Å². The predicted molar refractivity (Wildman–Crippen MR) is 79.3 cm³/mol. The fourth-order valence-electron chi connectivity index (χ4n) is 2.50. The first-order valence-electron chi connectivity index (χ1n) is 7.03. The monoisotopic (exact) mass is 277 g/mol. The van der Waals surface area contributed by atoms with E-state index < -0.39 is 5.60 Å². The van der Waals surface area contributed by atoms with Crippen molar-refractivity contribution in [2.75, 3.05) is 19.0 Å². The van der Waals surface area contributed by atoms with Crippen LogP contribution in [0, 0.1) is 0 Å². The smallest absolute Gasteiger partial charge is 0.306 e. The number of hydrogen-bond donors (Lipinski definition) is 1. The van der Waals surface area contributed by atoms with Gasteiger partial charge in [-0.25, -0.2) is 0 Å². The second-order valence-corrected chi connectivity index (χ2v) is 6.16. The number of hydrogen-bond acceptors (Lipinski definition) is 4. The van der Waals surface area contributed by atoms with Gasteiger partial charge in [0.2, 0.25) is 0 Å². The van der Waals surface area contributed by atoms with Crippen LogP contribution >= 0.6 is 0 Å². The zero-order valence-electron chi connectivity index (χ0n) is 12.7. The van der Waals surface area contributed by atoms with Crippen molar-refractivity contribution in [2.45, 2.75) is 45.1 Å². The van der Waals surface area contributed by atoms with Crippen LogP contribution in [0.4, 0.5) is 5.69 Å². The Morgan fingerprint density at radius 1 is 1.40 bits per heavy atom. The normalized spacial score (nSPS) is 17.9. The summed E-state index contributed by atoms with van der Waals surface area (Å²) in [4.78, 5) is 12.0. The molecule has 1 aromatic rings. The molecule has 2 rings (SSSR count). The lowest BCUT2D eigenvalue weighted by molar-refractivity contribution is -0.155. The van der Waals surface area contributed by atoms with Crippen LogP contribution in [0.2, 0.25) is 0 Å². The number of ether oxygens (including phenoxy) is 2. The van der Waals surface area contributed by atoms with Crippen LogP contribution in [0.25, 0.3) is 0 Å². The molecule has 0 bridgehead atoms. The van der Waals surface area contributed by atoms with Gasteiger partial charge in [-0.2, -0.15) is 0 Å². The molecule has 0 amide bonds. The lowest BCUT2D eigenvalue weighted by Crippen LogP contribution is -2.26. The first kappa shape index (κ1) is 14.7. The first-order valence-corrected chi connectivity index (χ1v) is 7.03. The third-order valence-electron chi connectivity index (χ3n) is 3.34. The van der Waals surface area contributed by atoms with Gasteiger partial charge < -0.3 is 14.8 Å². The Hall–Kier alpha value is -1.71. The maximum absolute atomic E-state index is 12.0. The zero-order valence-corrected chi connectivity index (χ0v) is 12.7. The van der Waals surface area contributed by atoms with Crippen molar-refractivity contribution >= 4 is 11.7 Å². The molecule has 0 radical (unpaired) electrons. The summed E-state index contributed by atoms with van der Waals surface area (Å²) in [5.41, 5.74) is 1.80. The number of esters is 1. The average molecular weight is 277 g/mol. The molecule has 0 aliphatic carbocycles. The summed E-state index contributed by atoms with van der Waals surface area (Å²) in [5, 5.41) is 3.36. The highest BCUT2D eigenvalue weighted by Gasteiger charge is 2.25. The van der Waals surface area contributed by atoms with Gasteiger partial charge in [-0.3, -0.25) is 4.79 Å². The Kier molecular flexibility index (Phi) is 4.21. The highest BCUT2D eigenvalue weighted by molar-refractivity contribution is 5.72. The first-order chi connectivity index (χ1) is 9.39. The summed E-state index contributed by atoms with van der Waals surface area (Å²) in [6, 6.07) is 5.95. The van der Waals surface area contributed by atoms with E-state index in [0.717, 1.165) is 30.0 Å². The average Bonchev–Trinajstić information content (AvgIpc) is 2.36. The Balaban J connectivity index is 2.13. The molecule has 1 N–H and O–H groups in total. The number of carbonyl (C=O) groups is 1. The molecule has 0 fully saturated rings. The van der Waals surface area contributed by atoms with Gasteiger partial charge >= 0.3 is 5.97 Å². The largest absolute Gasteiger partial charge is 0.497 e. The van der Waals surface area contributed by atoms with Gasteiger partial charge in [-0.1, -0.05) is 0 Å². The second kappa shape index (κ2) is 5.73. The van der Waals surface area contributed by atoms with Crippen LogP contribution in [-0.4, -0.2) is 25.2 Å². The van der Waals surface area contributed by atoms with E-state index >= 15 is 0 Å². The van der Waals surface area contributed by atoms with E-state index in [0.29, 0.717) is 6.42 Å². The van der Waals surface area contributed by atoms with Crippen LogP contribution in [0.5, 0.6) is 5.75 Å². The lowest BCUT2D eigenvalue weighted by Gasteiger charge is -2.28. The summed E-state index contributed by atoms with van der Waals surface area (Å²) >= 11 is 0. The van der Waals surface area contributed by atoms with Crippen molar-refractivity contribution in [2.24, 2.45) is 0 Å². The lowest BCUT2D eigenvalue weighted by atomic mass is 9.88. The minimum Gasteiger partial charge on any atom is -0.497 e. The van der Waals surface area contributed by atoms with Crippen molar-refractivity contribution in [3.8, 4) is 5.75 Å². The molecule has 1 aliphatic rings. The van der Waals surface area contributed by atoms with E-state index in [2.05, 4.69) is 5.32 Å². The van der Waals surface area contributed by atoms with Gasteiger partial charge in [0.1, 0.15) is 11.4 Å². The number of benzene rings is 1. The Morgan fingerprint density at radius 2 is 2.15 bits per heavy atom. The molecule has 1 heterocycles. The molecule has 4 heteroatoms. The van der Waals surface area contributed by atoms with Gasteiger partial charge in [0.25, 0.3) is 0 Å². The Labute approximate surface area is 120 Å². The van der Waals surface area contributed by atoms with Crippen LogP contribution in [-0.2, 0) is 9.53 Å². The minimum atomic E-state index is -0.429. The van der Waals surface area contributed by atoms with Crippen LogP contribution in [0.15, 0.2) is 18.2 Å². The molecule has 0 spiro atoms. The Bertz CT molecular complexity index is 491. The highest BCUT2D eigenvalue weighted by Crippen LogP contribution is 2.36. The van der Waals surface area contributed by atoms with Crippen LogP contribution in [0.1, 0.15) is 45.1 Å². The summed E-state index contributed by atoms with van der Waals surface area (Å²) in [5.74, 6) is 0.871. The van der Waals surface area contributed by atoms with E-state index in [1.54, 1.807) is 7.11 Å².